The van der Waals surface area contributed by atoms with Crippen LogP contribution in [0, 0.1) is 17.3 Å². The number of hydrogen-bond acceptors (Lipinski definition) is 1. The van der Waals surface area contributed by atoms with Crippen LogP contribution in [0.1, 0.15) is 52.9 Å². The Morgan fingerprint density at radius 2 is 1.71 bits per heavy atom. The Hall–Kier alpha value is -0.0400. The number of hydrogen-bond donors (Lipinski definition) is 0. The van der Waals surface area contributed by atoms with Gasteiger partial charge in [-0.15, -0.1) is 0 Å². The standard InChI is InChI=1S/C13H24O/c1-13(2,3)11-8-9-14-12-7-5-4-6-10(11)12/h10-12H,4-9H2,1-3H3. The molecule has 1 heteroatoms. The van der Waals surface area contributed by atoms with Crippen LogP contribution in [0.4, 0.5) is 0 Å². The van der Waals surface area contributed by atoms with Gasteiger partial charge in [-0.2, -0.15) is 0 Å². The maximum Gasteiger partial charge on any atom is 0.0606 e. The molecular weight excluding hydrogens is 172 g/mol. The highest BCUT2D eigenvalue weighted by molar-refractivity contribution is 4.90. The second kappa shape index (κ2) is 3.84. The summed E-state index contributed by atoms with van der Waals surface area (Å²) in [6, 6.07) is 0. The van der Waals surface area contributed by atoms with E-state index in [2.05, 4.69) is 20.8 Å². The Labute approximate surface area is 88.2 Å². The topological polar surface area (TPSA) is 9.23 Å². The molecule has 2 aliphatic rings. The van der Waals surface area contributed by atoms with E-state index in [1.54, 1.807) is 0 Å². The van der Waals surface area contributed by atoms with Crippen molar-refractivity contribution in [1.29, 1.82) is 0 Å². The highest BCUT2D eigenvalue weighted by Gasteiger charge is 2.40. The first kappa shape index (κ1) is 10.5. The van der Waals surface area contributed by atoms with Crippen molar-refractivity contribution in [3.63, 3.8) is 0 Å². The molecule has 0 bridgehead atoms. The third kappa shape index (κ3) is 1.98. The molecule has 1 aliphatic carbocycles. The molecule has 0 radical (unpaired) electrons. The molecule has 0 aromatic rings. The van der Waals surface area contributed by atoms with Crippen molar-refractivity contribution in [2.45, 2.75) is 59.0 Å². The van der Waals surface area contributed by atoms with Gasteiger partial charge in [-0.25, -0.2) is 0 Å². The molecule has 1 saturated heterocycles. The average molecular weight is 196 g/mol. The van der Waals surface area contributed by atoms with Gasteiger partial charge in [0.15, 0.2) is 0 Å². The molecule has 1 nitrogen and oxygen atoms in total. The van der Waals surface area contributed by atoms with Crippen molar-refractivity contribution in [3.05, 3.63) is 0 Å². The van der Waals surface area contributed by atoms with Crippen LogP contribution in [-0.2, 0) is 4.74 Å². The lowest BCUT2D eigenvalue weighted by atomic mass is 9.65. The molecule has 0 amide bonds. The minimum Gasteiger partial charge on any atom is -0.378 e. The zero-order chi connectivity index (χ0) is 10.2. The van der Waals surface area contributed by atoms with Crippen LogP contribution in [0.2, 0.25) is 0 Å². The third-order valence-corrected chi connectivity index (χ3v) is 4.14. The SMILES string of the molecule is CC(C)(C)C1CCOC2CCCCC21. The van der Waals surface area contributed by atoms with E-state index in [1.807, 2.05) is 0 Å². The van der Waals surface area contributed by atoms with Gasteiger partial charge in [0.05, 0.1) is 6.10 Å². The van der Waals surface area contributed by atoms with E-state index < -0.39 is 0 Å². The summed E-state index contributed by atoms with van der Waals surface area (Å²) in [6.07, 6.45) is 7.42. The Bertz CT molecular complexity index is 190. The second-order valence-corrected chi connectivity index (χ2v) is 6.12. The minimum absolute atomic E-state index is 0.476. The quantitative estimate of drug-likeness (QED) is 0.575. The molecular formula is C13H24O. The number of ether oxygens (including phenoxy) is 1. The van der Waals surface area contributed by atoms with Gasteiger partial charge in [-0.3, -0.25) is 0 Å². The summed E-state index contributed by atoms with van der Waals surface area (Å²) >= 11 is 0. The summed E-state index contributed by atoms with van der Waals surface area (Å²) < 4.78 is 5.91. The van der Waals surface area contributed by atoms with Crippen molar-refractivity contribution >= 4 is 0 Å². The van der Waals surface area contributed by atoms with Crippen molar-refractivity contribution in [2.75, 3.05) is 6.61 Å². The van der Waals surface area contributed by atoms with Gasteiger partial charge < -0.3 is 4.74 Å². The largest absolute Gasteiger partial charge is 0.378 e. The predicted molar refractivity (Wildman–Crippen MR) is 59.3 cm³/mol. The molecule has 2 fully saturated rings. The van der Waals surface area contributed by atoms with E-state index in [9.17, 15) is 0 Å². The first-order valence-electron chi connectivity index (χ1n) is 6.20. The van der Waals surface area contributed by atoms with Gasteiger partial charge in [0.1, 0.15) is 0 Å². The summed E-state index contributed by atoms with van der Waals surface area (Å²) in [6.45, 7) is 8.20. The van der Waals surface area contributed by atoms with E-state index in [-0.39, 0.29) is 0 Å². The van der Waals surface area contributed by atoms with E-state index in [1.165, 1.54) is 32.1 Å². The molecule has 1 saturated carbocycles. The summed E-state index contributed by atoms with van der Waals surface area (Å²) in [5.41, 5.74) is 0.476. The summed E-state index contributed by atoms with van der Waals surface area (Å²) in [7, 11) is 0. The van der Waals surface area contributed by atoms with Crippen LogP contribution < -0.4 is 0 Å². The summed E-state index contributed by atoms with van der Waals surface area (Å²) in [5.74, 6) is 1.75. The molecule has 3 atom stereocenters. The number of fused-ring (bicyclic) bond motifs is 1. The normalized spacial score (nSPS) is 39.2. The zero-order valence-corrected chi connectivity index (χ0v) is 9.88. The Morgan fingerprint density at radius 1 is 1.00 bits per heavy atom. The van der Waals surface area contributed by atoms with Crippen molar-refractivity contribution in [2.24, 2.45) is 17.3 Å². The maximum absolute atomic E-state index is 5.91. The lowest BCUT2D eigenvalue weighted by molar-refractivity contribution is -0.102. The highest BCUT2D eigenvalue weighted by atomic mass is 16.5. The van der Waals surface area contributed by atoms with Crippen LogP contribution in [-0.4, -0.2) is 12.7 Å². The van der Waals surface area contributed by atoms with Crippen LogP contribution in [0.15, 0.2) is 0 Å². The molecule has 0 aromatic heterocycles. The molecule has 0 spiro atoms. The van der Waals surface area contributed by atoms with Gasteiger partial charge in [0.25, 0.3) is 0 Å². The van der Waals surface area contributed by atoms with Crippen molar-refractivity contribution in [1.82, 2.24) is 0 Å². The van der Waals surface area contributed by atoms with Crippen LogP contribution in [0.5, 0.6) is 0 Å². The first-order chi connectivity index (χ1) is 6.59. The van der Waals surface area contributed by atoms with E-state index in [0.717, 1.165) is 18.4 Å². The van der Waals surface area contributed by atoms with Crippen molar-refractivity contribution in [3.8, 4) is 0 Å². The average Bonchev–Trinajstić information content (AvgIpc) is 2.15. The van der Waals surface area contributed by atoms with Crippen LogP contribution in [0.3, 0.4) is 0 Å². The highest BCUT2D eigenvalue weighted by Crippen LogP contribution is 2.45. The monoisotopic (exact) mass is 196 g/mol. The summed E-state index contributed by atoms with van der Waals surface area (Å²) in [5, 5.41) is 0. The minimum atomic E-state index is 0.476. The fourth-order valence-electron chi connectivity index (χ4n) is 3.43. The van der Waals surface area contributed by atoms with E-state index in [0.29, 0.717) is 11.5 Å². The lowest BCUT2D eigenvalue weighted by Crippen LogP contribution is -2.43. The maximum atomic E-state index is 5.91. The molecule has 14 heavy (non-hydrogen) atoms. The van der Waals surface area contributed by atoms with Crippen molar-refractivity contribution < 1.29 is 4.74 Å². The molecule has 0 N–H and O–H groups in total. The second-order valence-electron chi connectivity index (χ2n) is 6.12. The van der Waals surface area contributed by atoms with Crippen LogP contribution in [0.25, 0.3) is 0 Å². The molecule has 3 unspecified atom stereocenters. The molecule has 1 aliphatic heterocycles. The molecule has 2 rings (SSSR count). The Balaban J connectivity index is 2.09. The number of rotatable bonds is 0. The van der Waals surface area contributed by atoms with Gasteiger partial charge >= 0.3 is 0 Å². The Kier molecular flexibility index (Phi) is 2.88. The zero-order valence-electron chi connectivity index (χ0n) is 9.88. The molecule has 0 aromatic carbocycles. The van der Waals surface area contributed by atoms with Gasteiger partial charge in [-0.05, 0) is 36.5 Å². The van der Waals surface area contributed by atoms with E-state index >= 15 is 0 Å². The predicted octanol–water partition coefficient (Wildman–Crippen LogP) is 3.63. The first-order valence-corrected chi connectivity index (χ1v) is 6.20. The molecule has 82 valence electrons. The third-order valence-electron chi connectivity index (χ3n) is 4.14. The Morgan fingerprint density at radius 3 is 2.43 bits per heavy atom. The van der Waals surface area contributed by atoms with Gasteiger partial charge in [0, 0.05) is 6.61 Å². The fraction of sp³-hybridized carbons (Fsp3) is 1.00. The summed E-state index contributed by atoms with van der Waals surface area (Å²) in [4.78, 5) is 0. The van der Waals surface area contributed by atoms with Gasteiger partial charge in [-0.1, -0.05) is 33.6 Å². The lowest BCUT2D eigenvalue weighted by Gasteiger charge is -2.46. The molecule has 1 heterocycles. The fourth-order valence-corrected chi connectivity index (χ4v) is 3.43. The van der Waals surface area contributed by atoms with E-state index in [4.69, 9.17) is 4.74 Å². The van der Waals surface area contributed by atoms with Gasteiger partial charge in [0.2, 0.25) is 0 Å². The van der Waals surface area contributed by atoms with Crippen LogP contribution >= 0.6 is 0 Å². The smallest absolute Gasteiger partial charge is 0.0606 e.